The summed E-state index contributed by atoms with van der Waals surface area (Å²) in [4.78, 5) is 2.64. The standard InChI is InChI=1S/C12H20N4/c1-15-6-4-10(14-15)8-13-11-5-7-16(9-11)12-2-3-12/h4,6,11-13H,2-3,5,7-9H2,1H3. The van der Waals surface area contributed by atoms with Gasteiger partial charge in [0.1, 0.15) is 0 Å². The van der Waals surface area contributed by atoms with Crippen molar-refractivity contribution >= 4 is 0 Å². The van der Waals surface area contributed by atoms with Gasteiger partial charge < -0.3 is 5.32 Å². The summed E-state index contributed by atoms with van der Waals surface area (Å²) in [7, 11) is 1.97. The molecule has 0 spiro atoms. The molecule has 1 aromatic rings. The quantitative estimate of drug-likeness (QED) is 0.812. The van der Waals surface area contributed by atoms with Crippen LogP contribution in [0.2, 0.25) is 0 Å². The fraction of sp³-hybridized carbons (Fsp3) is 0.750. The Bertz CT molecular complexity index is 356. The zero-order valence-electron chi connectivity index (χ0n) is 9.89. The van der Waals surface area contributed by atoms with Gasteiger partial charge in [-0.3, -0.25) is 9.58 Å². The molecule has 88 valence electrons. The molecule has 1 saturated carbocycles. The summed E-state index contributed by atoms with van der Waals surface area (Å²) >= 11 is 0. The first-order chi connectivity index (χ1) is 7.81. The van der Waals surface area contributed by atoms with Crippen molar-refractivity contribution in [1.82, 2.24) is 20.0 Å². The van der Waals surface area contributed by atoms with E-state index < -0.39 is 0 Å². The van der Waals surface area contributed by atoms with E-state index in [1.54, 1.807) is 0 Å². The van der Waals surface area contributed by atoms with Crippen LogP contribution in [0.25, 0.3) is 0 Å². The monoisotopic (exact) mass is 220 g/mol. The number of likely N-dealkylation sites (tertiary alicyclic amines) is 1. The van der Waals surface area contributed by atoms with Gasteiger partial charge in [0.05, 0.1) is 5.69 Å². The van der Waals surface area contributed by atoms with Crippen molar-refractivity contribution < 1.29 is 0 Å². The molecule has 2 heterocycles. The van der Waals surface area contributed by atoms with Gasteiger partial charge in [0.2, 0.25) is 0 Å². The highest BCUT2D eigenvalue weighted by atomic mass is 15.3. The average Bonchev–Trinajstić information content (AvgIpc) is 2.87. The lowest BCUT2D eigenvalue weighted by molar-refractivity contribution is 0.317. The molecular formula is C12H20N4. The predicted molar refractivity (Wildman–Crippen MR) is 63.0 cm³/mol. The van der Waals surface area contributed by atoms with Crippen molar-refractivity contribution in [2.45, 2.75) is 37.9 Å². The largest absolute Gasteiger partial charge is 0.307 e. The van der Waals surface area contributed by atoms with Crippen LogP contribution in [0.3, 0.4) is 0 Å². The summed E-state index contributed by atoms with van der Waals surface area (Å²) < 4.78 is 1.86. The molecule has 2 aliphatic rings. The van der Waals surface area contributed by atoms with E-state index in [0.29, 0.717) is 6.04 Å². The first kappa shape index (κ1) is 10.3. The van der Waals surface area contributed by atoms with Gasteiger partial charge in [-0.15, -0.1) is 0 Å². The number of nitrogens with one attached hydrogen (secondary N) is 1. The first-order valence-corrected chi connectivity index (χ1v) is 6.27. The van der Waals surface area contributed by atoms with Gasteiger partial charge in [0.25, 0.3) is 0 Å². The fourth-order valence-electron chi connectivity index (χ4n) is 2.53. The van der Waals surface area contributed by atoms with Crippen molar-refractivity contribution in [3.8, 4) is 0 Å². The molecule has 1 atom stereocenters. The lowest BCUT2D eigenvalue weighted by Crippen LogP contribution is -2.33. The van der Waals surface area contributed by atoms with E-state index in [9.17, 15) is 0 Å². The van der Waals surface area contributed by atoms with Crippen molar-refractivity contribution in [2.75, 3.05) is 13.1 Å². The maximum atomic E-state index is 4.38. The second kappa shape index (κ2) is 4.18. The highest BCUT2D eigenvalue weighted by Crippen LogP contribution is 2.29. The number of rotatable bonds is 4. The van der Waals surface area contributed by atoms with Crippen LogP contribution in [-0.4, -0.2) is 39.9 Å². The maximum Gasteiger partial charge on any atom is 0.0762 e. The molecule has 1 saturated heterocycles. The Morgan fingerprint density at radius 3 is 3.00 bits per heavy atom. The van der Waals surface area contributed by atoms with Gasteiger partial charge in [-0.05, 0) is 25.3 Å². The van der Waals surface area contributed by atoms with Crippen molar-refractivity contribution in [2.24, 2.45) is 7.05 Å². The normalized spacial score (nSPS) is 26.4. The Morgan fingerprint density at radius 2 is 2.31 bits per heavy atom. The van der Waals surface area contributed by atoms with E-state index in [1.165, 1.54) is 32.4 Å². The van der Waals surface area contributed by atoms with Crippen LogP contribution in [0.5, 0.6) is 0 Å². The van der Waals surface area contributed by atoms with Crippen LogP contribution in [0, 0.1) is 0 Å². The molecule has 0 bridgehead atoms. The number of aromatic nitrogens is 2. The third-order valence-corrected chi connectivity index (χ3v) is 3.62. The molecule has 4 nitrogen and oxygen atoms in total. The zero-order valence-corrected chi connectivity index (χ0v) is 9.89. The van der Waals surface area contributed by atoms with E-state index >= 15 is 0 Å². The minimum Gasteiger partial charge on any atom is -0.307 e. The number of hydrogen-bond donors (Lipinski definition) is 1. The van der Waals surface area contributed by atoms with Crippen LogP contribution >= 0.6 is 0 Å². The summed E-state index contributed by atoms with van der Waals surface area (Å²) in [5.74, 6) is 0. The summed E-state index contributed by atoms with van der Waals surface area (Å²) in [5, 5.41) is 7.99. The molecule has 1 unspecified atom stereocenters. The minimum atomic E-state index is 0.669. The summed E-state index contributed by atoms with van der Waals surface area (Å²) in [6, 6.07) is 3.67. The predicted octanol–water partition coefficient (Wildman–Crippen LogP) is 0.746. The fourth-order valence-corrected chi connectivity index (χ4v) is 2.53. The van der Waals surface area contributed by atoms with Crippen LogP contribution in [0.15, 0.2) is 12.3 Å². The van der Waals surface area contributed by atoms with Crippen LogP contribution in [0.1, 0.15) is 25.0 Å². The third kappa shape index (κ3) is 2.28. The summed E-state index contributed by atoms with van der Waals surface area (Å²) in [6.07, 6.45) is 6.14. The molecule has 1 aliphatic carbocycles. The molecule has 1 N–H and O–H groups in total. The highest BCUT2D eigenvalue weighted by molar-refractivity contribution is 4.99. The zero-order chi connectivity index (χ0) is 11.0. The Balaban J connectivity index is 1.45. The second-order valence-electron chi connectivity index (χ2n) is 5.07. The van der Waals surface area contributed by atoms with E-state index in [0.717, 1.165) is 18.3 Å². The van der Waals surface area contributed by atoms with E-state index in [2.05, 4.69) is 21.4 Å². The molecule has 1 aromatic heterocycles. The number of aryl methyl sites for hydroxylation is 1. The molecule has 4 heteroatoms. The topological polar surface area (TPSA) is 33.1 Å². The van der Waals surface area contributed by atoms with Crippen molar-refractivity contribution in [1.29, 1.82) is 0 Å². The Hall–Kier alpha value is -0.870. The van der Waals surface area contributed by atoms with Crippen LogP contribution < -0.4 is 5.32 Å². The van der Waals surface area contributed by atoms with Gasteiger partial charge in [-0.1, -0.05) is 0 Å². The molecule has 1 aliphatic heterocycles. The molecule has 2 fully saturated rings. The van der Waals surface area contributed by atoms with Gasteiger partial charge >= 0.3 is 0 Å². The third-order valence-electron chi connectivity index (χ3n) is 3.62. The van der Waals surface area contributed by atoms with E-state index in [1.807, 2.05) is 17.9 Å². The molecule has 0 radical (unpaired) electrons. The van der Waals surface area contributed by atoms with Gasteiger partial charge in [-0.2, -0.15) is 5.10 Å². The maximum absolute atomic E-state index is 4.38. The molecule has 16 heavy (non-hydrogen) atoms. The molecule has 3 rings (SSSR count). The number of hydrogen-bond acceptors (Lipinski definition) is 3. The second-order valence-corrected chi connectivity index (χ2v) is 5.07. The lowest BCUT2D eigenvalue weighted by Gasteiger charge is -2.15. The molecular weight excluding hydrogens is 200 g/mol. The Kier molecular flexibility index (Phi) is 2.69. The summed E-state index contributed by atoms with van der Waals surface area (Å²) in [6.45, 7) is 3.42. The van der Waals surface area contributed by atoms with E-state index in [-0.39, 0.29) is 0 Å². The average molecular weight is 220 g/mol. The summed E-state index contributed by atoms with van der Waals surface area (Å²) in [5.41, 5.74) is 1.15. The van der Waals surface area contributed by atoms with Crippen molar-refractivity contribution in [3.63, 3.8) is 0 Å². The number of nitrogens with zero attached hydrogens (tertiary/aromatic N) is 3. The van der Waals surface area contributed by atoms with Crippen LogP contribution in [-0.2, 0) is 13.6 Å². The smallest absolute Gasteiger partial charge is 0.0762 e. The first-order valence-electron chi connectivity index (χ1n) is 6.27. The Labute approximate surface area is 96.6 Å². The molecule has 0 aromatic carbocycles. The molecule has 0 amide bonds. The SMILES string of the molecule is Cn1ccc(CNC2CCN(C3CC3)C2)n1. The van der Waals surface area contributed by atoms with Gasteiger partial charge in [0, 0.05) is 45.0 Å². The minimum absolute atomic E-state index is 0.669. The van der Waals surface area contributed by atoms with E-state index in [4.69, 9.17) is 0 Å². The highest BCUT2D eigenvalue weighted by Gasteiger charge is 2.33. The van der Waals surface area contributed by atoms with Gasteiger partial charge in [-0.25, -0.2) is 0 Å². The lowest BCUT2D eigenvalue weighted by atomic mass is 10.2. The Morgan fingerprint density at radius 1 is 1.44 bits per heavy atom. The van der Waals surface area contributed by atoms with Gasteiger partial charge in [0.15, 0.2) is 0 Å². The van der Waals surface area contributed by atoms with Crippen molar-refractivity contribution in [3.05, 3.63) is 18.0 Å². The van der Waals surface area contributed by atoms with Crippen LogP contribution in [0.4, 0.5) is 0 Å².